The Bertz CT molecular complexity index is 362. The molecule has 0 saturated carbocycles. The third-order valence-electron chi connectivity index (χ3n) is 3.14. The summed E-state index contributed by atoms with van der Waals surface area (Å²) < 4.78 is 0. The van der Waals surface area contributed by atoms with E-state index in [-0.39, 0.29) is 0 Å². The molecule has 0 bridgehead atoms. The van der Waals surface area contributed by atoms with Crippen LogP contribution in [0.4, 0.5) is 0 Å². The van der Waals surface area contributed by atoms with Crippen LogP contribution in [0.5, 0.6) is 0 Å². The van der Waals surface area contributed by atoms with Crippen LogP contribution in [0.2, 0.25) is 13.1 Å². The molecule has 78 valence electrons. The second-order valence-electron chi connectivity index (χ2n) is 4.68. The van der Waals surface area contributed by atoms with E-state index in [9.17, 15) is 4.80 Å². The SMILES string of the molecule is Cc1cc([Si](C)(C)O)c(C)c(C)c1C. The maximum atomic E-state index is 10.1. The Labute approximate surface area is 87.9 Å². The van der Waals surface area contributed by atoms with Gasteiger partial charge in [0.25, 0.3) is 0 Å². The first-order chi connectivity index (χ1) is 6.25. The zero-order valence-electron chi connectivity index (χ0n) is 10.0. The summed E-state index contributed by atoms with van der Waals surface area (Å²) in [6.45, 7) is 12.5. The van der Waals surface area contributed by atoms with Crippen molar-refractivity contribution in [2.45, 2.75) is 40.8 Å². The molecule has 0 amide bonds. The van der Waals surface area contributed by atoms with Gasteiger partial charge in [0.2, 0.25) is 8.32 Å². The molecule has 14 heavy (non-hydrogen) atoms. The molecule has 0 saturated heterocycles. The zero-order chi connectivity index (χ0) is 11.1. The highest BCUT2D eigenvalue weighted by atomic mass is 28.4. The highest BCUT2D eigenvalue weighted by Gasteiger charge is 2.23. The topological polar surface area (TPSA) is 20.2 Å². The van der Waals surface area contributed by atoms with Gasteiger partial charge in [0.1, 0.15) is 0 Å². The molecule has 1 rings (SSSR count). The van der Waals surface area contributed by atoms with Crippen LogP contribution in [0.25, 0.3) is 0 Å². The molecule has 0 aliphatic heterocycles. The van der Waals surface area contributed by atoms with Crippen molar-refractivity contribution in [3.63, 3.8) is 0 Å². The van der Waals surface area contributed by atoms with Crippen molar-refractivity contribution in [1.82, 2.24) is 0 Å². The molecule has 0 heterocycles. The lowest BCUT2D eigenvalue weighted by Crippen LogP contribution is -2.43. The molecule has 0 fully saturated rings. The maximum Gasteiger partial charge on any atom is 0.214 e. The van der Waals surface area contributed by atoms with Crippen molar-refractivity contribution in [3.05, 3.63) is 28.3 Å². The largest absolute Gasteiger partial charge is 0.428 e. The standard InChI is InChI=1S/C12H20OSi/c1-8-7-12(14(5,6)13)11(4)10(3)9(8)2/h7,13H,1-6H3. The summed E-state index contributed by atoms with van der Waals surface area (Å²) in [4.78, 5) is 10.1. The van der Waals surface area contributed by atoms with Gasteiger partial charge < -0.3 is 4.80 Å². The van der Waals surface area contributed by atoms with E-state index >= 15 is 0 Å². The molecular weight excluding hydrogens is 188 g/mol. The summed E-state index contributed by atoms with van der Waals surface area (Å²) in [5.41, 5.74) is 5.24. The Morgan fingerprint density at radius 3 is 1.86 bits per heavy atom. The van der Waals surface area contributed by atoms with E-state index < -0.39 is 8.32 Å². The fourth-order valence-electron chi connectivity index (χ4n) is 1.85. The second-order valence-corrected chi connectivity index (χ2v) is 8.33. The molecule has 0 unspecified atom stereocenters. The van der Waals surface area contributed by atoms with Crippen molar-refractivity contribution < 1.29 is 4.80 Å². The monoisotopic (exact) mass is 208 g/mol. The van der Waals surface area contributed by atoms with Gasteiger partial charge in [-0.2, -0.15) is 0 Å². The van der Waals surface area contributed by atoms with Crippen molar-refractivity contribution >= 4 is 13.5 Å². The lowest BCUT2D eigenvalue weighted by molar-refractivity contribution is 0.568. The average Bonchev–Trinajstić information content (AvgIpc) is 2.06. The summed E-state index contributed by atoms with van der Waals surface area (Å²) >= 11 is 0. The molecule has 0 aromatic heterocycles. The maximum absolute atomic E-state index is 10.1. The van der Waals surface area contributed by atoms with Crippen molar-refractivity contribution in [2.24, 2.45) is 0 Å². The lowest BCUT2D eigenvalue weighted by Gasteiger charge is -2.21. The molecule has 1 aromatic carbocycles. The van der Waals surface area contributed by atoms with Crippen LogP contribution in [0.1, 0.15) is 22.3 Å². The molecule has 0 spiro atoms. The van der Waals surface area contributed by atoms with Crippen molar-refractivity contribution in [2.75, 3.05) is 0 Å². The summed E-state index contributed by atoms with van der Waals surface area (Å²) in [5.74, 6) is 0. The van der Waals surface area contributed by atoms with E-state index in [0.29, 0.717) is 0 Å². The first-order valence-electron chi connectivity index (χ1n) is 5.05. The van der Waals surface area contributed by atoms with Crippen LogP contribution < -0.4 is 5.19 Å². The van der Waals surface area contributed by atoms with Gasteiger partial charge in [-0.3, -0.25) is 0 Å². The van der Waals surface area contributed by atoms with Gasteiger partial charge in [0, 0.05) is 0 Å². The van der Waals surface area contributed by atoms with E-state index in [1.54, 1.807) is 0 Å². The Balaban J connectivity index is 3.49. The first-order valence-corrected chi connectivity index (χ1v) is 8.00. The molecule has 2 heteroatoms. The smallest absolute Gasteiger partial charge is 0.214 e. The van der Waals surface area contributed by atoms with Gasteiger partial charge >= 0.3 is 0 Å². The predicted octanol–water partition coefficient (Wildman–Crippen LogP) is 2.32. The van der Waals surface area contributed by atoms with Gasteiger partial charge in [-0.25, -0.2) is 0 Å². The molecular formula is C12H20OSi. The van der Waals surface area contributed by atoms with Gasteiger partial charge in [0.15, 0.2) is 0 Å². The van der Waals surface area contributed by atoms with Crippen LogP contribution in [0.15, 0.2) is 6.07 Å². The summed E-state index contributed by atoms with van der Waals surface area (Å²) in [5, 5.41) is 1.18. The molecule has 0 aliphatic rings. The van der Waals surface area contributed by atoms with Crippen molar-refractivity contribution in [3.8, 4) is 0 Å². The highest BCUT2D eigenvalue weighted by Crippen LogP contribution is 2.17. The minimum Gasteiger partial charge on any atom is -0.428 e. The first kappa shape index (κ1) is 11.5. The van der Waals surface area contributed by atoms with Gasteiger partial charge in [-0.05, 0) is 68.2 Å². The van der Waals surface area contributed by atoms with E-state index in [4.69, 9.17) is 0 Å². The molecule has 1 nitrogen and oxygen atoms in total. The minimum atomic E-state index is -2.16. The van der Waals surface area contributed by atoms with Crippen LogP contribution in [-0.2, 0) is 0 Å². The van der Waals surface area contributed by atoms with Crippen LogP contribution in [-0.4, -0.2) is 13.1 Å². The van der Waals surface area contributed by atoms with Gasteiger partial charge in [0.05, 0.1) is 0 Å². The Hall–Kier alpha value is -0.603. The van der Waals surface area contributed by atoms with Crippen LogP contribution in [0, 0.1) is 27.7 Å². The van der Waals surface area contributed by atoms with Crippen LogP contribution >= 0.6 is 0 Å². The predicted molar refractivity (Wildman–Crippen MR) is 64.7 cm³/mol. The highest BCUT2D eigenvalue weighted by molar-refractivity contribution is 6.83. The third kappa shape index (κ3) is 1.91. The zero-order valence-corrected chi connectivity index (χ0v) is 11.0. The number of rotatable bonds is 1. The van der Waals surface area contributed by atoms with E-state index in [1.165, 1.54) is 27.4 Å². The Kier molecular flexibility index (Phi) is 2.88. The summed E-state index contributed by atoms with van der Waals surface area (Å²) in [7, 11) is -2.16. The van der Waals surface area contributed by atoms with Crippen LogP contribution in [0.3, 0.4) is 0 Å². The number of benzene rings is 1. The van der Waals surface area contributed by atoms with Gasteiger partial charge in [-0.15, -0.1) is 0 Å². The van der Waals surface area contributed by atoms with E-state index in [2.05, 4.69) is 33.8 Å². The quantitative estimate of drug-likeness (QED) is 0.702. The Morgan fingerprint density at radius 2 is 1.43 bits per heavy atom. The van der Waals surface area contributed by atoms with Crippen molar-refractivity contribution in [1.29, 1.82) is 0 Å². The average molecular weight is 208 g/mol. The molecule has 0 atom stereocenters. The lowest BCUT2D eigenvalue weighted by atomic mass is 10.00. The molecule has 0 radical (unpaired) electrons. The molecule has 1 aromatic rings. The second kappa shape index (κ2) is 3.52. The number of hydrogen-bond acceptors (Lipinski definition) is 1. The van der Waals surface area contributed by atoms with E-state index in [0.717, 1.165) is 0 Å². The number of hydrogen-bond donors (Lipinski definition) is 1. The fraction of sp³-hybridized carbons (Fsp3) is 0.500. The summed E-state index contributed by atoms with van der Waals surface area (Å²) in [6, 6.07) is 2.16. The Morgan fingerprint density at radius 1 is 0.929 bits per heavy atom. The normalized spacial score (nSPS) is 11.9. The molecule has 0 aliphatic carbocycles. The van der Waals surface area contributed by atoms with Gasteiger partial charge in [-0.1, -0.05) is 6.07 Å². The summed E-state index contributed by atoms with van der Waals surface area (Å²) in [6.07, 6.45) is 0. The van der Waals surface area contributed by atoms with E-state index in [1.807, 2.05) is 13.1 Å². The third-order valence-corrected chi connectivity index (χ3v) is 4.98. The fourth-order valence-corrected chi connectivity index (χ4v) is 3.52. The minimum absolute atomic E-state index is 1.18. The molecule has 1 N–H and O–H groups in total. The number of aryl methyl sites for hydroxylation is 1.